The van der Waals surface area contributed by atoms with Crippen molar-refractivity contribution in [1.29, 1.82) is 0 Å². The lowest BCUT2D eigenvalue weighted by atomic mass is 10.1. The van der Waals surface area contributed by atoms with Gasteiger partial charge in [-0.3, -0.25) is 13.9 Å². The Hall–Kier alpha value is -4.47. The smallest absolute Gasteiger partial charge is 0.264 e. The highest BCUT2D eigenvalue weighted by atomic mass is 35.5. The summed E-state index contributed by atoms with van der Waals surface area (Å²) in [5, 5.41) is 7.44. The highest BCUT2D eigenvalue weighted by Crippen LogP contribution is 2.26. The summed E-state index contributed by atoms with van der Waals surface area (Å²) in [4.78, 5) is 25.6. The lowest BCUT2D eigenvalue weighted by Gasteiger charge is -2.25. The van der Waals surface area contributed by atoms with Crippen LogP contribution in [0.2, 0.25) is 5.02 Å². The molecular weight excluding hydrogens is 548 g/mol. The fourth-order valence-corrected chi connectivity index (χ4v) is 5.59. The van der Waals surface area contributed by atoms with Crippen LogP contribution >= 0.6 is 11.6 Å². The minimum Gasteiger partial charge on any atom is -0.322 e. The van der Waals surface area contributed by atoms with Crippen LogP contribution in [0.25, 0.3) is 0 Å². The number of anilines is 2. The van der Waals surface area contributed by atoms with Crippen LogP contribution in [-0.2, 0) is 14.8 Å². The summed E-state index contributed by atoms with van der Waals surface area (Å²) in [5.41, 5.74) is 5.61. The maximum atomic E-state index is 13.5. The second-order valence-electron chi connectivity index (χ2n) is 8.89. The number of hydrogen-bond acceptors (Lipinski definition) is 5. The molecule has 0 aromatic heterocycles. The predicted octanol–water partition coefficient (Wildman–Crippen LogP) is 5.64. The van der Waals surface area contributed by atoms with Gasteiger partial charge >= 0.3 is 0 Å². The number of aryl methyl sites for hydroxylation is 1. The van der Waals surface area contributed by atoms with Gasteiger partial charge in [0.25, 0.3) is 21.8 Å². The van der Waals surface area contributed by atoms with Gasteiger partial charge in [0.1, 0.15) is 6.54 Å². The van der Waals surface area contributed by atoms with Crippen molar-refractivity contribution in [2.45, 2.75) is 18.7 Å². The molecule has 0 aliphatic carbocycles. The van der Waals surface area contributed by atoms with Gasteiger partial charge in [-0.15, -0.1) is 0 Å². The lowest BCUT2D eigenvalue weighted by molar-refractivity contribution is -0.119. The van der Waals surface area contributed by atoms with E-state index in [1.165, 1.54) is 12.1 Å². The molecule has 0 aliphatic heterocycles. The fourth-order valence-electron chi connectivity index (χ4n) is 3.89. The number of benzene rings is 4. The Morgan fingerprint density at radius 3 is 2.25 bits per heavy atom. The highest BCUT2D eigenvalue weighted by Gasteiger charge is 2.28. The largest absolute Gasteiger partial charge is 0.322 e. The number of halogens is 1. The van der Waals surface area contributed by atoms with Crippen LogP contribution in [0.3, 0.4) is 0 Å². The summed E-state index contributed by atoms with van der Waals surface area (Å²) < 4.78 is 28.1. The van der Waals surface area contributed by atoms with Gasteiger partial charge in [0.05, 0.1) is 16.3 Å². The van der Waals surface area contributed by atoms with Crippen molar-refractivity contribution in [3.8, 4) is 0 Å². The number of carbonyl (C=O) groups excluding carboxylic acids is 2. The third-order valence-electron chi connectivity index (χ3n) is 5.98. The Balaban J connectivity index is 1.50. The molecule has 4 aromatic carbocycles. The van der Waals surface area contributed by atoms with Crippen LogP contribution in [0.5, 0.6) is 0 Å². The first-order chi connectivity index (χ1) is 19.1. The molecule has 0 radical (unpaired) electrons. The van der Waals surface area contributed by atoms with Crippen LogP contribution < -0.4 is 15.0 Å². The second-order valence-corrected chi connectivity index (χ2v) is 11.2. The quantitative estimate of drug-likeness (QED) is 0.199. The van der Waals surface area contributed by atoms with Gasteiger partial charge in [0.2, 0.25) is 0 Å². The van der Waals surface area contributed by atoms with Gasteiger partial charge < -0.3 is 5.32 Å². The van der Waals surface area contributed by atoms with Crippen LogP contribution in [0.4, 0.5) is 11.4 Å². The number of carbonyl (C=O) groups is 2. The number of nitrogens with one attached hydrogen (secondary N) is 2. The van der Waals surface area contributed by atoms with Crippen molar-refractivity contribution in [2.75, 3.05) is 16.2 Å². The van der Waals surface area contributed by atoms with Crippen molar-refractivity contribution in [1.82, 2.24) is 5.43 Å². The number of hydrogen-bond donors (Lipinski definition) is 2. The van der Waals surface area contributed by atoms with E-state index < -0.39 is 22.5 Å². The maximum Gasteiger partial charge on any atom is 0.264 e. The molecule has 0 aliphatic rings. The molecule has 40 heavy (non-hydrogen) atoms. The lowest BCUT2D eigenvalue weighted by Crippen LogP contribution is -2.40. The Labute approximate surface area is 238 Å². The summed E-state index contributed by atoms with van der Waals surface area (Å²) in [6, 6.07) is 28.5. The van der Waals surface area contributed by atoms with Gasteiger partial charge in [-0.2, -0.15) is 5.10 Å². The first-order valence-electron chi connectivity index (χ1n) is 12.3. The van der Waals surface area contributed by atoms with Gasteiger partial charge in [-0.05, 0) is 73.5 Å². The van der Waals surface area contributed by atoms with E-state index in [0.717, 1.165) is 4.31 Å². The Morgan fingerprint density at radius 2 is 1.52 bits per heavy atom. The van der Waals surface area contributed by atoms with Gasteiger partial charge in [0, 0.05) is 16.3 Å². The topological polar surface area (TPSA) is 108 Å². The van der Waals surface area contributed by atoms with Crippen molar-refractivity contribution in [2.24, 2.45) is 5.10 Å². The summed E-state index contributed by atoms with van der Waals surface area (Å²) in [6.45, 7) is 2.99. The zero-order valence-electron chi connectivity index (χ0n) is 21.8. The Kier molecular flexibility index (Phi) is 8.98. The Bertz CT molecular complexity index is 1670. The SMILES string of the molecule is C/C(=N/NC(=O)CN(c1ccccc1C)S(=O)(=O)c1ccccc1)c1cccc(NC(=O)c2cccc(Cl)c2)c1. The van der Waals surface area contributed by atoms with Crippen LogP contribution in [-0.4, -0.2) is 32.5 Å². The zero-order valence-corrected chi connectivity index (χ0v) is 23.4. The molecule has 2 N–H and O–H groups in total. The number of rotatable bonds is 9. The molecule has 0 saturated carbocycles. The zero-order chi connectivity index (χ0) is 28.7. The monoisotopic (exact) mass is 574 g/mol. The minimum atomic E-state index is -4.03. The second kappa shape index (κ2) is 12.6. The number of sulfonamides is 1. The third-order valence-corrected chi connectivity index (χ3v) is 7.98. The molecule has 2 amide bonds. The van der Waals surface area contributed by atoms with Crippen molar-refractivity contribution >= 4 is 50.5 Å². The average molecular weight is 575 g/mol. The van der Waals surface area contributed by atoms with Crippen molar-refractivity contribution < 1.29 is 18.0 Å². The van der Waals surface area contributed by atoms with Crippen LogP contribution in [0, 0.1) is 6.92 Å². The molecule has 0 atom stereocenters. The summed E-state index contributed by atoms with van der Waals surface area (Å²) >= 11 is 5.98. The first-order valence-corrected chi connectivity index (χ1v) is 14.1. The van der Waals surface area contributed by atoms with Gasteiger partial charge in [0.15, 0.2) is 0 Å². The molecule has 0 fully saturated rings. The molecule has 204 valence electrons. The van der Waals surface area contributed by atoms with Gasteiger partial charge in [-0.1, -0.05) is 66.2 Å². The molecule has 4 aromatic rings. The first kappa shape index (κ1) is 28.5. The normalized spacial score (nSPS) is 11.5. The van der Waals surface area contributed by atoms with E-state index >= 15 is 0 Å². The van der Waals surface area contributed by atoms with Gasteiger partial charge in [-0.25, -0.2) is 13.8 Å². The van der Waals surface area contributed by atoms with E-state index in [1.807, 2.05) is 0 Å². The molecule has 0 spiro atoms. The van der Waals surface area contributed by atoms with Crippen LogP contribution in [0.1, 0.15) is 28.4 Å². The minimum absolute atomic E-state index is 0.0716. The van der Waals surface area contributed by atoms with E-state index in [4.69, 9.17) is 11.6 Å². The molecule has 0 saturated heterocycles. The fraction of sp³-hybridized carbons (Fsp3) is 0.100. The van der Waals surface area contributed by atoms with E-state index in [9.17, 15) is 18.0 Å². The van der Waals surface area contributed by atoms with E-state index in [1.54, 1.807) is 105 Å². The molecule has 4 rings (SSSR count). The van der Waals surface area contributed by atoms with E-state index in [0.29, 0.717) is 38.8 Å². The molecular formula is C30H27ClN4O4S. The highest BCUT2D eigenvalue weighted by molar-refractivity contribution is 7.92. The summed E-state index contributed by atoms with van der Waals surface area (Å²) in [7, 11) is -4.03. The number of nitrogens with zero attached hydrogens (tertiary/aromatic N) is 2. The number of amides is 2. The average Bonchev–Trinajstić information content (AvgIpc) is 2.95. The number of hydrazone groups is 1. The summed E-state index contributed by atoms with van der Waals surface area (Å²) in [6.07, 6.45) is 0. The van der Waals surface area contributed by atoms with Crippen LogP contribution in [0.15, 0.2) is 113 Å². The number of para-hydroxylation sites is 1. The van der Waals surface area contributed by atoms with E-state index in [2.05, 4.69) is 15.8 Å². The van der Waals surface area contributed by atoms with Crippen molar-refractivity contribution in [3.63, 3.8) is 0 Å². The molecule has 0 unspecified atom stereocenters. The summed E-state index contributed by atoms with van der Waals surface area (Å²) in [5.74, 6) is -0.939. The van der Waals surface area contributed by atoms with Crippen molar-refractivity contribution in [3.05, 3.63) is 125 Å². The molecule has 0 heterocycles. The van der Waals surface area contributed by atoms with E-state index in [-0.39, 0.29) is 10.8 Å². The molecule has 10 heteroatoms. The standard InChI is InChI=1S/C30H27ClN4O4S/c1-21-10-6-7-17-28(21)35(40(38,39)27-15-4-3-5-16-27)20-29(36)34-33-22(2)23-11-9-14-26(19-23)32-30(37)24-12-8-13-25(31)18-24/h3-19H,20H2,1-2H3,(H,32,37)(H,34,36)/b33-22-. The maximum absolute atomic E-state index is 13.5. The molecule has 0 bridgehead atoms. The molecule has 8 nitrogen and oxygen atoms in total. The Morgan fingerprint density at radius 1 is 0.850 bits per heavy atom. The predicted molar refractivity (Wildman–Crippen MR) is 158 cm³/mol. The third kappa shape index (κ3) is 6.93.